The van der Waals surface area contributed by atoms with E-state index in [-0.39, 0.29) is 0 Å². The summed E-state index contributed by atoms with van der Waals surface area (Å²) in [5.41, 5.74) is 0.910. The molecule has 0 aromatic carbocycles. The molecule has 14 heavy (non-hydrogen) atoms. The number of aromatic nitrogens is 1. The van der Waals surface area contributed by atoms with Crippen LogP contribution in [-0.2, 0) is 6.54 Å². The maximum Gasteiger partial charge on any atom is 0.0727 e. The van der Waals surface area contributed by atoms with Crippen molar-refractivity contribution >= 4 is 11.6 Å². The zero-order valence-corrected chi connectivity index (χ0v) is 9.38. The maximum absolute atomic E-state index is 5.95. The minimum atomic E-state index is 0.727. The first kappa shape index (κ1) is 11.4. The summed E-state index contributed by atoms with van der Waals surface area (Å²) in [4.78, 5) is 6.32. The topological polar surface area (TPSA) is 28.2 Å². The molecule has 0 radical (unpaired) electrons. The van der Waals surface area contributed by atoms with Crippen LogP contribution in [0.5, 0.6) is 0 Å². The van der Waals surface area contributed by atoms with E-state index in [9.17, 15) is 0 Å². The molecule has 1 aromatic heterocycles. The number of nitrogens with one attached hydrogen (secondary N) is 1. The Kier molecular flexibility index (Phi) is 4.87. The van der Waals surface area contributed by atoms with Gasteiger partial charge in [0.2, 0.25) is 0 Å². The van der Waals surface area contributed by atoms with Crippen LogP contribution in [0.15, 0.2) is 18.3 Å². The lowest BCUT2D eigenvalue weighted by molar-refractivity contribution is 0.399. The Morgan fingerprint density at radius 3 is 2.93 bits per heavy atom. The number of nitrogens with zero attached hydrogens (tertiary/aromatic N) is 2. The van der Waals surface area contributed by atoms with Gasteiger partial charge in [-0.2, -0.15) is 0 Å². The zero-order valence-electron chi connectivity index (χ0n) is 8.63. The van der Waals surface area contributed by atoms with Gasteiger partial charge in [-0.1, -0.05) is 11.6 Å². The summed E-state index contributed by atoms with van der Waals surface area (Å²) in [6.07, 6.45) is 1.76. The van der Waals surface area contributed by atoms with Crippen LogP contribution in [-0.4, -0.2) is 37.1 Å². The predicted octanol–water partition coefficient (Wildman–Crippen LogP) is 1.39. The fourth-order valence-corrected chi connectivity index (χ4v) is 1.25. The molecule has 0 aliphatic carbocycles. The van der Waals surface area contributed by atoms with Gasteiger partial charge in [-0.25, -0.2) is 0 Å². The Morgan fingerprint density at radius 1 is 1.50 bits per heavy atom. The summed E-state index contributed by atoms with van der Waals surface area (Å²) in [5, 5.41) is 4.01. The minimum Gasteiger partial charge on any atom is -0.310 e. The average molecular weight is 214 g/mol. The van der Waals surface area contributed by atoms with Gasteiger partial charge in [0.25, 0.3) is 0 Å². The summed E-state index contributed by atoms with van der Waals surface area (Å²) in [6.45, 7) is 2.69. The molecule has 0 atom stereocenters. The quantitative estimate of drug-likeness (QED) is 0.750. The number of halogens is 1. The van der Waals surface area contributed by atoms with Crippen molar-refractivity contribution in [2.45, 2.75) is 6.54 Å². The Labute approximate surface area is 90.1 Å². The van der Waals surface area contributed by atoms with Crippen molar-refractivity contribution in [3.05, 3.63) is 29.0 Å². The largest absolute Gasteiger partial charge is 0.310 e. The van der Waals surface area contributed by atoms with Gasteiger partial charge in [0, 0.05) is 25.8 Å². The second kappa shape index (κ2) is 5.96. The molecule has 0 saturated heterocycles. The van der Waals surface area contributed by atoms with Gasteiger partial charge in [0.1, 0.15) is 0 Å². The number of likely N-dealkylation sites (N-methyl/N-ethyl adjacent to an activating group) is 1. The fraction of sp³-hybridized carbons (Fsp3) is 0.500. The van der Waals surface area contributed by atoms with E-state index in [1.165, 1.54) is 0 Å². The molecule has 0 aliphatic heterocycles. The molecule has 0 amide bonds. The van der Waals surface area contributed by atoms with Crippen molar-refractivity contribution in [2.75, 3.05) is 27.2 Å². The van der Waals surface area contributed by atoms with Crippen LogP contribution in [0.25, 0.3) is 0 Å². The average Bonchev–Trinajstić information content (AvgIpc) is 2.15. The van der Waals surface area contributed by atoms with Gasteiger partial charge in [0.15, 0.2) is 0 Å². The summed E-state index contributed by atoms with van der Waals surface area (Å²) in [5.74, 6) is 0. The molecule has 0 bridgehead atoms. The zero-order chi connectivity index (χ0) is 10.4. The van der Waals surface area contributed by atoms with Crippen LogP contribution in [0.3, 0.4) is 0 Å². The smallest absolute Gasteiger partial charge is 0.0727 e. The molecule has 0 fully saturated rings. The second-order valence-electron chi connectivity index (χ2n) is 3.41. The summed E-state index contributed by atoms with van der Waals surface area (Å²) >= 11 is 5.95. The van der Waals surface area contributed by atoms with Crippen molar-refractivity contribution in [3.8, 4) is 0 Å². The third kappa shape index (κ3) is 4.05. The molecule has 0 spiro atoms. The minimum absolute atomic E-state index is 0.727. The Balaban J connectivity index is 2.28. The third-order valence-electron chi connectivity index (χ3n) is 1.86. The van der Waals surface area contributed by atoms with Crippen LogP contribution < -0.4 is 5.32 Å². The van der Waals surface area contributed by atoms with Crippen LogP contribution in [0.1, 0.15) is 5.69 Å². The van der Waals surface area contributed by atoms with Gasteiger partial charge in [-0.15, -0.1) is 0 Å². The van der Waals surface area contributed by atoms with Crippen LogP contribution in [0.2, 0.25) is 5.02 Å². The Morgan fingerprint density at radius 2 is 2.29 bits per heavy atom. The lowest BCUT2D eigenvalue weighted by Gasteiger charge is -2.10. The fourth-order valence-electron chi connectivity index (χ4n) is 1.06. The Bertz CT molecular complexity index is 276. The molecule has 1 N–H and O–H groups in total. The molecule has 0 saturated carbocycles. The lowest BCUT2D eigenvalue weighted by Crippen LogP contribution is -2.26. The van der Waals surface area contributed by atoms with Gasteiger partial charge in [0.05, 0.1) is 10.7 Å². The molecule has 3 nitrogen and oxygen atoms in total. The van der Waals surface area contributed by atoms with Crippen molar-refractivity contribution < 1.29 is 0 Å². The lowest BCUT2D eigenvalue weighted by atomic mass is 10.3. The summed E-state index contributed by atoms with van der Waals surface area (Å²) in [7, 11) is 4.10. The van der Waals surface area contributed by atoms with E-state index in [1.807, 2.05) is 12.1 Å². The highest BCUT2D eigenvalue weighted by atomic mass is 35.5. The van der Waals surface area contributed by atoms with Crippen molar-refractivity contribution in [1.82, 2.24) is 15.2 Å². The first-order chi connectivity index (χ1) is 6.70. The summed E-state index contributed by atoms with van der Waals surface area (Å²) < 4.78 is 0. The van der Waals surface area contributed by atoms with E-state index in [1.54, 1.807) is 6.20 Å². The molecular formula is C10H16ClN3. The van der Waals surface area contributed by atoms with Crippen LogP contribution in [0.4, 0.5) is 0 Å². The Hall–Kier alpha value is -0.640. The van der Waals surface area contributed by atoms with Crippen LogP contribution >= 0.6 is 11.6 Å². The highest BCUT2D eigenvalue weighted by molar-refractivity contribution is 6.31. The number of hydrogen-bond acceptors (Lipinski definition) is 3. The van der Waals surface area contributed by atoms with E-state index < -0.39 is 0 Å². The molecule has 1 rings (SSSR count). The second-order valence-corrected chi connectivity index (χ2v) is 3.82. The maximum atomic E-state index is 5.95. The molecule has 4 heteroatoms. The first-order valence-corrected chi connectivity index (χ1v) is 5.03. The van der Waals surface area contributed by atoms with Gasteiger partial charge < -0.3 is 10.2 Å². The molecule has 1 aromatic rings. The SMILES string of the molecule is CN(C)CCNCc1ncccc1Cl. The van der Waals surface area contributed by atoms with E-state index in [4.69, 9.17) is 11.6 Å². The third-order valence-corrected chi connectivity index (χ3v) is 2.21. The van der Waals surface area contributed by atoms with E-state index in [2.05, 4.69) is 29.3 Å². The molecule has 0 aliphatic rings. The molecular weight excluding hydrogens is 198 g/mol. The molecule has 1 heterocycles. The monoisotopic (exact) mass is 213 g/mol. The van der Waals surface area contributed by atoms with Crippen molar-refractivity contribution in [3.63, 3.8) is 0 Å². The summed E-state index contributed by atoms with van der Waals surface area (Å²) in [6, 6.07) is 3.70. The molecule has 78 valence electrons. The highest BCUT2D eigenvalue weighted by Gasteiger charge is 1.99. The van der Waals surface area contributed by atoms with Crippen molar-refractivity contribution in [2.24, 2.45) is 0 Å². The van der Waals surface area contributed by atoms with E-state index in [0.717, 1.165) is 30.4 Å². The van der Waals surface area contributed by atoms with Gasteiger partial charge in [-0.05, 0) is 26.2 Å². The van der Waals surface area contributed by atoms with E-state index >= 15 is 0 Å². The number of hydrogen-bond donors (Lipinski definition) is 1. The van der Waals surface area contributed by atoms with E-state index in [0.29, 0.717) is 0 Å². The predicted molar refractivity (Wildman–Crippen MR) is 59.5 cm³/mol. The first-order valence-electron chi connectivity index (χ1n) is 4.65. The van der Waals surface area contributed by atoms with Crippen LogP contribution in [0, 0.1) is 0 Å². The number of pyridine rings is 1. The highest BCUT2D eigenvalue weighted by Crippen LogP contribution is 2.10. The van der Waals surface area contributed by atoms with Crippen molar-refractivity contribution in [1.29, 1.82) is 0 Å². The van der Waals surface area contributed by atoms with Gasteiger partial charge in [-0.3, -0.25) is 4.98 Å². The van der Waals surface area contributed by atoms with Gasteiger partial charge >= 0.3 is 0 Å². The number of rotatable bonds is 5. The molecule has 0 unspecified atom stereocenters. The standard InChI is InChI=1S/C10H16ClN3/c1-14(2)7-6-12-8-10-9(11)4-3-5-13-10/h3-5,12H,6-8H2,1-2H3. The normalized spacial score (nSPS) is 10.9.